The first-order valence-corrected chi connectivity index (χ1v) is 36.4. The van der Waals surface area contributed by atoms with Crippen LogP contribution in [-0.4, -0.2) is 68.5 Å². The van der Waals surface area contributed by atoms with Crippen LogP contribution >= 0.6 is 7.82 Å². The van der Waals surface area contributed by atoms with E-state index in [1.165, 1.54) is 231 Å². The smallest absolute Gasteiger partial charge is 0.268 e. The van der Waals surface area contributed by atoms with Gasteiger partial charge in [0, 0.05) is 6.42 Å². The van der Waals surface area contributed by atoms with Crippen molar-refractivity contribution >= 4 is 13.7 Å². The molecule has 0 spiro atoms. The molecular weight excluding hydrogens is 1030 g/mol. The van der Waals surface area contributed by atoms with Gasteiger partial charge in [-0.2, -0.15) is 0 Å². The lowest BCUT2D eigenvalue weighted by Gasteiger charge is -2.29. The van der Waals surface area contributed by atoms with Crippen molar-refractivity contribution in [2.24, 2.45) is 0 Å². The highest BCUT2D eigenvalue weighted by molar-refractivity contribution is 7.45. The second kappa shape index (κ2) is 63.2. The third kappa shape index (κ3) is 65.2. The number of carbonyl (C=O) groups excluding carboxylic acids is 1. The van der Waals surface area contributed by atoms with E-state index in [4.69, 9.17) is 9.05 Å². The lowest BCUT2D eigenvalue weighted by Crippen LogP contribution is -2.45. The second-order valence-electron chi connectivity index (χ2n) is 24.8. The van der Waals surface area contributed by atoms with Crippen LogP contribution in [0.3, 0.4) is 0 Å². The van der Waals surface area contributed by atoms with E-state index in [1.807, 2.05) is 27.2 Å². The van der Waals surface area contributed by atoms with Crippen molar-refractivity contribution in [3.63, 3.8) is 0 Å². The van der Waals surface area contributed by atoms with Crippen LogP contribution in [0.4, 0.5) is 0 Å². The number of rotatable bonds is 64. The fourth-order valence-corrected chi connectivity index (χ4v) is 10.9. The van der Waals surface area contributed by atoms with E-state index in [0.29, 0.717) is 17.4 Å². The van der Waals surface area contributed by atoms with Crippen molar-refractivity contribution in [2.45, 2.75) is 334 Å². The molecule has 0 fully saturated rings. The van der Waals surface area contributed by atoms with Gasteiger partial charge in [0.25, 0.3) is 7.82 Å². The summed E-state index contributed by atoms with van der Waals surface area (Å²) in [5.41, 5.74) is 0. The molecule has 0 aliphatic rings. The van der Waals surface area contributed by atoms with Gasteiger partial charge in [-0.05, 0) is 83.5 Å². The first kappa shape index (κ1) is 79.7. The molecule has 2 N–H and O–H groups in total. The number of carbonyl (C=O) groups is 1. The number of hydrogen-bond acceptors (Lipinski definition) is 6. The molecule has 1 amide bonds. The minimum Gasteiger partial charge on any atom is -0.756 e. The van der Waals surface area contributed by atoms with Crippen molar-refractivity contribution < 1.29 is 32.9 Å². The monoisotopic (exact) mass is 1170 g/mol. The Bertz CT molecular complexity index is 1610. The SMILES string of the molecule is CC/C=C\C/C=C\C/C=C\C/C=C\CCCCCCCCCCCCCCCCCCCCCCC(=O)NC(COP(=O)([O-])OCC[N+](C)(C)C)C(O)/C=C/CC/C=C/CC/C=C/CCCCCCCCCCCCCCCCCCC. The van der Waals surface area contributed by atoms with Gasteiger partial charge in [-0.25, -0.2) is 0 Å². The maximum Gasteiger partial charge on any atom is 0.268 e. The van der Waals surface area contributed by atoms with Crippen LogP contribution < -0.4 is 10.2 Å². The van der Waals surface area contributed by atoms with Crippen LogP contribution in [-0.2, 0) is 18.4 Å². The number of likely N-dealkylation sites (N-methyl/N-ethyl adjacent to an activating group) is 1. The third-order valence-corrected chi connectivity index (χ3v) is 16.5. The molecule has 0 radical (unpaired) electrons. The number of allylic oxidation sites excluding steroid dienone is 13. The fourth-order valence-electron chi connectivity index (χ4n) is 10.2. The zero-order valence-electron chi connectivity index (χ0n) is 54.7. The summed E-state index contributed by atoms with van der Waals surface area (Å²) in [4.78, 5) is 25.6. The first-order chi connectivity index (χ1) is 40.0. The molecule has 0 aliphatic carbocycles. The molecule has 0 bridgehead atoms. The molecule has 478 valence electrons. The van der Waals surface area contributed by atoms with Gasteiger partial charge in [0.2, 0.25) is 5.91 Å². The number of hydrogen-bond donors (Lipinski definition) is 2. The summed E-state index contributed by atoms with van der Waals surface area (Å²) in [6.07, 6.45) is 90.0. The lowest BCUT2D eigenvalue weighted by atomic mass is 10.0. The Morgan fingerprint density at radius 1 is 0.439 bits per heavy atom. The molecule has 3 unspecified atom stereocenters. The summed E-state index contributed by atoms with van der Waals surface area (Å²) in [6, 6.07) is -0.914. The molecule has 82 heavy (non-hydrogen) atoms. The molecule has 0 heterocycles. The molecule has 8 nitrogen and oxygen atoms in total. The normalized spacial score (nSPS) is 14.2. The number of unbranched alkanes of at least 4 members (excludes halogenated alkanes) is 39. The highest BCUT2D eigenvalue weighted by Crippen LogP contribution is 2.38. The van der Waals surface area contributed by atoms with E-state index < -0.39 is 26.6 Å². The van der Waals surface area contributed by atoms with Crippen LogP contribution in [0.1, 0.15) is 322 Å². The standard InChI is InChI=1S/C73H135N2O6P/c1-6-8-10-12-14-16-18-20-22-24-26-28-30-32-34-35-36-37-38-39-41-43-45-47-49-51-53-55-57-59-61-63-65-67-73(77)74-71(70-81-82(78,79)80-69-68-75(3,4)5)72(76)66-64-62-60-58-56-54-52-50-48-46-44-42-40-33-31-29-27-25-23-21-19-17-15-13-11-9-7-2/h8,10,14,16,20,22,26,28,48,50,56,58,64,66,71-72,76H,6-7,9,11-13,15,17-19,21,23-25,27,29-47,49,51-55,57,59-63,65,67-70H2,1-5H3,(H-,74,77,78,79)/b10-8-,16-14-,22-20-,28-26-,50-48+,58-56+,66-64+. The Kier molecular flexibility index (Phi) is 61.4. The number of phosphoric ester groups is 1. The summed E-state index contributed by atoms with van der Waals surface area (Å²) >= 11 is 0. The van der Waals surface area contributed by atoms with Crippen LogP contribution in [0, 0.1) is 0 Å². The zero-order valence-corrected chi connectivity index (χ0v) is 55.6. The van der Waals surface area contributed by atoms with E-state index in [0.717, 1.165) is 70.6 Å². The quantitative estimate of drug-likeness (QED) is 0.0272. The Morgan fingerprint density at radius 2 is 0.756 bits per heavy atom. The predicted molar refractivity (Wildman–Crippen MR) is 357 cm³/mol. The minimum absolute atomic E-state index is 0.0102. The van der Waals surface area contributed by atoms with Gasteiger partial charge in [0.05, 0.1) is 39.9 Å². The number of aliphatic hydroxyl groups excluding tert-OH is 1. The lowest BCUT2D eigenvalue weighted by molar-refractivity contribution is -0.870. The predicted octanol–water partition coefficient (Wildman–Crippen LogP) is 21.7. The average molecular weight is 1170 g/mol. The molecule has 0 aromatic carbocycles. The van der Waals surface area contributed by atoms with Gasteiger partial charge in [-0.1, -0.05) is 317 Å². The fraction of sp³-hybridized carbons (Fsp3) is 0.795. The molecule has 0 saturated carbocycles. The molecular formula is C73H135N2O6P. The van der Waals surface area contributed by atoms with Crippen molar-refractivity contribution in [3.8, 4) is 0 Å². The highest BCUT2D eigenvalue weighted by atomic mass is 31.2. The van der Waals surface area contributed by atoms with E-state index >= 15 is 0 Å². The number of nitrogens with zero attached hydrogens (tertiary/aromatic N) is 1. The van der Waals surface area contributed by atoms with Crippen LogP contribution in [0.15, 0.2) is 85.1 Å². The van der Waals surface area contributed by atoms with Gasteiger partial charge in [0.15, 0.2) is 0 Å². The number of phosphoric acid groups is 1. The Balaban J connectivity index is 4.10. The zero-order chi connectivity index (χ0) is 59.8. The van der Waals surface area contributed by atoms with Gasteiger partial charge in [0.1, 0.15) is 13.2 Å². The molecule has 0 rings (SSSR count). The summed E-state index contributed by atoms with van der Waals surface area (Å²) in [6.45, 7) is 4.54. The van der Waals surface area contributed by atoms with Crippen molar-refractivity contribution in [2.75, 3.05) is 40.9 Å². The summed E-state index contributed by atoms with van der Waals surface area (Å²) < 4.78 is 23.4. The van der Waals surface area contributed by atoms with E-state index in [-0.39, 0.29) is 12.5 Å². The molecule has 0 aliphatic heterocycles. The Labute approximate surface area is 509 Å². The van der Waals surface area contributed by atoms with Crippen molar-refractivity contribution in [3.05, 3.63) is 85.1 Å². The molecule has 0 saturated heterocycles. The van der Waals surface area contributed by atoms with E-state index in [9.17, 15) is 19.4 Å². The molecule has 9 heteroatoms. The topological polar surface area (TPSA) is 108 Å². The third-order valence-electron chi connectivity index (χ3n) is 15.6. The average Bonchev–Trinajstić information content (AvgIpc) is 3.47. The molecule has 0 aromatic rings. The summed E-state index contributed by atoms with van der Waals surface area (Å²) in [5, 5.41) is 13.9. The largest absolute Gasteiger partial charge is 0.756 e. The van der Waals surface area contributed by atoms with Gasteiger partial charge in [-0.15, -0.1) is 0 Å². The Morgan fingerprint density at radius 3 is 1.13 bits per heavy atom. The number of quaternary nitrogens is 1. The second-order valence-corrected chi connectivity index (χ2v) is 26.2. The number of amides is 1. The van der Waals surface area contributed by atoms with Gasteiger partial charge >= 0.3 is 0 Å². The van der Waals surface area contributed by atoms with Crippen LogP contribution in [0.25, 0.3) is 0 Å². The number of aliphatic hydroxyl groups is 1. The van der Waals surface area contributed by atoms with Gasteiger partial charge < -0.3 is 28.8 Å². The summed E-state index contributed by atoms with van der Waals surface area (Å²) in [7, 11) is 1.24. The van der Waals surface area contributed by atoms with Crippen molar-refractivity contribution in [1.82, 2.24) is 5.32 Å². The first-order valence-electron chi connectivity index (χ1n) is 34.9. The highest BCUT2D eigenvalue weighted by Gasteiger charge is 2.23. The minimum atomic E-state index is -4.62. The van der Waals surface area contributed by atoms with E-state index in [2.05, 4.69) is 92.1 Å². The van der Waals surface area contributed by atoms with Crippen molar-refractivity contribution in [1.29, 1.82) is 0 Å². The maximum atomic E-state index is 13.0. The number of nitrogens with one attached hydrogen (secondary N) is 1. The summed E-state index contributed by atoms with van der Waals surface area (Å²) in [5.74, 6) is -0.208. The van der Waals surface area contributed by atoms with Crippen LogP contribution in [0.2, 0.25) is 0 Å². The van der Waals surface area contributed by atoms with Crippen LogP contribution in [0.5, 0.6) is 0 Å². The van der Waals surface area contributed by atoms with E-state index in [1.54, 1.807) is 6.08 Å². The molecule has 3 atom stereocenters. The van der Waals surface area contributed by atoms with Gasteiger partial charge in [-0.3, -0.25) is 9.36 Å². The Hall–Kier alpha value is -2.32. The molecule has 0 aromatic heterocycles. The maximum absolute atomic E-state index is 13.0.